The second-order valence-corrected chi connectivity index (χ2v) is 9.09. The number of carbonyl (C=O) groups excluding carboxylic acids is 1. The number of piperidine rings is 1. The first kappa shape index (κ1) is 17.4. The summed E-state index contributed by atoms with van der Waals surface area (Å²) in [5, 5.41) is 4.03. The Morgan fingerprint density at radius 2 is 2.21 bits per heavy atom. The van der Waals surface area contributed by atoms with E-state index >= 15 is 0 Å². The van der Waals surface area contributed by atoms with Crippen LogP contribution in [0.4, 0.5) is 0 Å². The molecule has 2 aliphatic rings. The normalized spacial score (nSPS) is 27.2. The van der Waals surface area contributed by atoms with Gasteiger partial charge in [-0.05, 0) is 31.1 Å². The van der Waals surface area contributed by atoms with Gasteiger partial charge in [0.05, 0.1) is 11.9 Å². The number of rotatable bonds is 6. The standard InChI is InChI=1S/C16H26N4O3S/c1-12-6-15(12)16(21)20-5-3-4-13(10-20)11-24(22,23)18-8-14-7-17-19(2)9-14/h7,9,12-13,15,18H,3-6,8,10-11H2,1-2H3/t12-,13-,15+/m1/s1. The molecule has 1 amide bonds. The van der Waals surface area contributed by atoms with E-state index in [2.05, 4.69) is 16.7 Å². The van der Waals surface area contributed by atoms with Gasteiger partial charge in [-0.3, -0.25) is 9.48 Å². The second-order valence-electron chi connectivity index (χ2n) is 7.24. The lowest BCUT2D eigenvalue weighted by Gasteiger charge is -2.33. The fraction of sp³-hybridized carbons (Fsp3) is 0.750. The monoisotopic (exact) mass is 354 g/mol. The molecule has 134 valence electrons. The smallest absolute Gasteiger partial charge is 0.225 e. The van der Waals surface area contributed by atoms with E-state index < -0.39 is 10.0 Å². The summed E-state index contributed by atoms with van der Waals surface area (Å²) in [4.78, 5) is 14.2. The first-order chi connectivity index (χ1) is 11.3. The van der Waals surface area contributed by atoms with Gasteiger partial charge in [-0.25, -0.2) is 13.1 Å². The minimum absolute atomic E-state index is 0.0168. The molecule has 2 fully saturated rings. The molecule has 1 aliphatic heterocycles. The van der Waals surface area contributed by atoms with Gasteiger partial charge in [-0.1, -0.05) is 6.92 Å². The molecule has 24 heavy (non-hydrogen) atoms. The average molecular weight is 354 g/mol. The summed E-state index contributed by atoms with van der Waals surface area (Å²) < 4.78 is 28.9. The lowest BCUT2D eigenvalue weighted by atomic mass is 9.99. The van der Waals surface area contributed by atoms with Crippen LogP contribution in [0.1, 0.15) is 31.7 Å². The Hall–Kier alpha value is -1.41. The molecule has 0 spiro atoms. The van der Waals surface area contributed by atoms with Crippen molar-refractivity contribution in [1.29, 1.82) is 0 Å². The highest BCUT2D eigenvalue weighted by Crippen LogP contribution is 2.39. The number of likely N-dealkylation sites (tertiary alicyclic amines) is 1. The van der Waals surface area contributed by atoms with E-state index in [1.54, 1.807) is 24.1 Å². The van der Waals surface area contributed by atoms with Crippen LogP contribution in [0, 0.1) is 17.8 Å². The number of aryl methyl sites for hydroxylation is 1. The van der Waals surface area contributed by atoms with Crippen molar-refractivity contribution in [3.8, 4) is 0 Å². The molecule has 8 heteroatoms. The first-order valence-corrected chi connectivity index (χ1v) is 10.2. The number of amides is 1. The van der Waals surface area contributed by atoms with Crippen molar-refractivity contribution >= 4 is 15.9 Å². The van der Waals surface area contributed by atoms with Crippen LogP contribution in [0.2, 0.25) is 0 Å². The second kappa shape index (κ2) is 6.84. The Bertz CT molecular complexity index is 700. The Kier molecular flexibility index (Phi) is 4.96. The minimum atomic E-state index is -3.36. The molecule has 1 aliphatic carbocycles. The number of hydrogen-bond donors (Lipinski definition) is 1. The molecule has 1 aromatic heterocycles. The van der Waals surface area contributed by atoms with Crippen molar-refractivity contribution < 1.29 is 13.2 Å². The van der Waals surface area contributed by atoms with Crippen molar-refractivity contribution in [1.82, 2.24) is 19.4 Å². The van der Waals surface area contributed by atoms with E-state index in [1.165, 1.54) is 0 Å². The van der Waals surface area contributed by atoms with Gasteiger partial charge < -0.3 is 4.90 Å². The third-order valence-corrected chi connectivity index (χ3v) is 6.46. The number of carbonyl (C=O) groups is 1. The summed E-state index contributed by atoms with van der Waals surface area (Å²) >= 11 is 0. The third-order valence-electron chi connectivity index (χ3n) is 4.97. The quantitative estimate of drug-likeness (QED) is 0.816. The molecule has 2 heterocycles. The largest absolute Gasteiger partial charge is 0.342 e. The zero-order chi connectivity index (χ0) is 17.3. The van der Waals surface area contributed by atoms with Gasteiger partial charge in [0.2, 0.25) is 15.9 Å². The van der Waals surface area contributed by atoms with Crippen LogP contribution in [0.5, 0.6) is 0 Å². The van der Waals surface area contributed by atoms with Crippen LogP contribution in [-0.4, -0.2) is 47.8 Å². The molecule has 1 saturated carbocycles. The Labute approximate surface area is 143 Å². The Morgan fingerprint density at radius 1 is 1.46 bits per heavy atom. The number of sulfonamides is 1. The van der Waals surface area contributed by atoms with Crippen LogP contribution >= 0.6 is 0 Å². The Balaban J connectivity index is 1.51. The topological polar surface area (TPSA) is 84.3 Å². The lowest BCUT2D eigenvalue weighted by Crippen LogP contribution is -2.44. The van der Waals surface area contributed by atoms with Gasteiger partial charge in [0.1, 0.15) is 0 Å². The maximum Gasteiger partial charge on any atom is 0.225 e. The maximum atomic E-state index is 12.3. The first-order valence-electron chi connectivity index (χ1n) is 8.57. The van der Waals surface area contributed by atoms with Gasteiger partial charge in [-0.2, -0.15) is 5.10 Å². The minimum Gasteiger partial charge on any atom is -0.342 e. The van der Waals surface area contributed by atoms with Gasteiger partial charge in [0, 0.05) is 44.4 Å². The molecule has 1 aromatic rings. The predicted molar refractivity (Wildman–Crippen MR) is 90.4 cm³/mol. The molecular weight excluding hydrogens is 328 g/mol. The van der Waals surface area contributed by atoms with E-state index in [9.17, 15) is 13.2 Å². The van der Waals surface area contributed by atoms with E-state index in [4.69, 9.17) is 0 Å². The van der Waals surface area contributed by atoms with Crippen LogP contribution < -0.4 is 4.72 Å². The molecule has 0 radical (unpaired) electrons. The maximum absolute atomic E-state index is 12.3. The molecule has 1 saturated heterocycles. The molecule has 0 bridgehead atoms. The van der Waals surface area contributed by atoms with Crippen LogP contribution in [0.3, 0.4) is 0 Å². The summed E-state index contributed by atoms with van der Waals surface area (Å²) in [7, 11) is -1.56. The number of hydrogen-bond acceptors (Lipinski definition) is 4. The molecule has 7 nitrogen and oxygen atoms in total. The van der Waals surface area contributed by atoms with E-state index in [1.807, 2.05) is 4.90 Å². The number of nitrogens with one attached hydrogen (secondary N) is 1. The molecular formula is C16H26N4O3S. The molecule has 3 rings (SSSR count). The number of nitrogens with zero attached hydrogens (tertiary/aromatic N) is 3. The summed E-state index contributed by atoms with van der Waals surface area (Å²) in [6, 6.07) is 0. The molecule has 1 N–H and O–H groups in total. The predicted octanol–water partition coefficient (Wildman–Crippen LogP) is 0.734. The van der Waals surface area contributed by atoms with E-state index in [0.29, 0.717) is 12.5 Å². The Morgan fingerprint density at radius 3 is 2.83 bits per heavy atom. The van der Waals surface area contributed by atoms with Crippen LogP contribution in [-0.2, 0) is 28.4 Å². The number of aromatic nitrogens is 2. The van der Waals surface area contributed by atoms with E-state index in [-0.39, 0.29) is 30.0 Å². The highest BCUT2D eigenvalue weighted by molar-refractivity contribution is 7.89. The zero-order valence-electron chi connectivity index (χ0n) is 14.3. The summed E-state index contributed by atoms with van der Waals surface area (Å²) in [5.41, 5.74) is 0.837. The molecule has 0 aromatic carbocycles. The van der Waals surface area contributed by atoms with Gasteiger partial charge in [-0.15, -0.1) is 0 Å². The SMILES string of the molecule is C[C@@H]1C[C@@H]1C(=O)N1CCC[C@@H](CS(=O)(=O)NCc2cnn(C)c2)C1. The van der Waals surface area contributed by atoms with Gasteiger partial charge in [0.25, 0.3) is 0 Å². The van der Waals surface area contributed by atoms with Crippen molar-refractivity contribution in [3.05, 3.63) is 18.0 Å². The summed E-state index contributed by atoms with van der Waals surface area (Å²) in [6.45, 7) is 3.68. The van der Waals surface area contributed by atoms with Crippen molar-refractivity contribution in [2.45, 2.75) is 32.7 Å². The third kappa shape index (κ3) is 4.36. The highest BCUT2D eigenvalue weighted by atomic mass is 32.2. The molecule has 0 unspecified atom stereocenters. The van der Waals surface area contributed by atoms with Crippen LogP contribution in [0.15, 0.2) is 12.4 Å². The highest BCUT2D eigenvalue weighted by Gasteiger charge is 2.42. The fourth-order valence-corrected chi connectivity index (χ4v) is 4.82. The van der Waals surface area contributed by atoms with Crippen molar-refractivity contribution in [2.75, 3.05) is 18.8 Å². The summed E-state index contributed by atoms with van der Waals surface area (Å²) in [5.74, 6) is 0.972. The zero-order valence-corrected chi connectivity index (χ0v) is 15.1. The van der Waals surface area contributed by atoms with Gasteiger partial charge >= 0.3 is 0 Å². The van der Waals surface area contributed by atoms with Crippen molar-refractivity contribution in [3.63, 3.8) is 0 Å². The molecule has 3 atom stereocenters. The lowest BCUT2D eigenvalue weighted by molar-refractivity contribution is -0.134. The fourth-order valence-electron chi connectivity index (χ4n) is 3.43. The van der Waals surface area contributed by atoms with Gasteiger partial charge in [0.15, 0.2) is 0 Å². The van der Waals surface area contributed by atoms with Crippen LogP contribution in [0.25, 0.3) is 0 Å². The summed E-state index contributed by atoms with van der Waals surface area (Å²) in [6.07, 6.45) is 6.17. The average Bonchev–Trinajstić information content (AvgIpc) is 3.10. The van der Waals surface area contributed by atoms with E-state index in [0.717, 1.165) is 31.4 Å². The van der Waals surface area contributed by atoms with Crippen molar-refractivity contribution in [2.24, 2.45) is 24.8 Å².